The molecular weight excluding hydrogens is 170 g/mol. The molecule has 0 aromatic heterocycles. The number of aliphatic hydroxyl groups is 1. The minimum atomic E-state index is -0.535. The summed E-state index contributed by atoms with van der Waals surface area (Å²) >= 11 is 0. The Morgan fingerprint density at radius 3 is 2.62 bits per heavy atom. The van der Waals surface area contributed by atoms with Gasteiger partial charge in [0.05, 0.1) is 18.8 Å². The molecular formula is C9H19NO3. The summed E-state index contributed by atoms with van der Waals surface area (Å²) in [7, 11) is 1.63. The molecule has 0 amide bonds. The van der Waals surface area contributed by atoms with Crippen molar-refractivity contribution in [1.29, 1.82) is 0 Å². The SMILES string of the molecule is COCCONCC1(O)CCCC1. The first-order chi connectivity index (χ1) is 6.27. The molecule has 0 aromatic rings. The second-order valence-corrected chi connectivity index (χ2v) is 3.59. The van der Waals surface area contributed by atoms with Gasteiger partial charge < -0.3 is 9.84 Å². The van der Waals surface area contributed by atoms with Gasteiger partial charge in [-0.25, -0.2) is 0 Å². The lowest BCUT2D eigenvalue weighted by atomic mass is 10.0. The van der Waals surface area contributed by atoms with Gasteiger partial charge in [0.2, 0.25) is 0 Å². The molecule has 0 aromatic carbocycles. The van der Waals surface area contributed by atoms with E-state index >= 15 is 0 Å². The van der Waals surface area contributed by atoms with Gasteiger partial charge in [0.15, 0.2) is 0 Å². The summed E-state index contributed by atoms with van der Waals surface area (Å²) in [5.74, 6) is 0. The van der Waals surface area contributed by atoms with Gasteiger partial charge in [0.25, 0.3) is 0 Å². The van der Waals surface area contributed by atoms with Crippen molar-refractivity contribution in [1.82, 2.24) is 5.48 Å². The maximum atomic E-state index is 9.87. The number of nitrogens with one attached hydrogen (secondary N) is 1. The van der Waals surface area contributed by atoms with E-state index < -0.39 is 5.60 Å². The predicted octanol–water partition coefficient (Wildman–Crippen LogP) is 0.459. The first-order valence-electron chi connectivity index (χ1n) is 4.83. The zero-order valence-corrected chi connectivity index (χ0v) is 8.21. The summed E-state index contributed by atoms with van der Waals surface area (Å²) in [5, 5.41) is 9.87. The van der Waals surface area contributed by atoms with Gasteiger partial charge in [0.1, 0.15) is 0 Å². The molecule has 0 radical (unpaired) electrons. The Labute approximate surface area is 79.2 Å². The molecule has 1 rings (SSSR count). The van der Waals surface area contributed by atoms with Crippen molar-refractivity contribution in [2.75, 3.05) is 26.9 Å². The summed E-state index contributed by atoms with van der Waals surface area (Å²) in [4.78, 5) is 5.07. The van der Waals surface area contributed by atoms with E-state index in [1.807, 2.05) is 0 Å². The number of hydroxylamine groups is 1. The first-order valence-corrected chi connectivity index (χ1v) is 4.83. The first kappa shape index (κ1) is 10.9. The average Bonchev–Trinajstić information content (AvgIpc) is 2.53. The fourth-order valence-corrected chi connectivity index (χ4v) is 1.59. The number of ether oxygens (including phenoxy) is 1. The molecule has 0 heterocycles. The molecule has 0 saturated heterocycles. The predicted molar refractivity (Wildman–Crippen MR) is 49.2 cm³/mol. The van der Waals surface area contributed by atoms with Crippen molar-refractivity contribution in [3.05, 3.63) is 0 Å². The van der Waals surface area contributed by atoms with E-state index in [0.717, 1.165) is 25.7 Å². The van der Waals surface area contributed by atoms with Crippen LogP contribution in [0.3, 0.4) is 0 Å². The minimum Gasteiger partial charge on any atom is -0.388 e. The maximum Gasteiger partial charge on any atom is 0.0915 e. The second kappa shape index (κ2) is 5.54. The van der Waals surface area contributed by atoms with Gasteiger partial charge in [-0.3, -0.25) is 4.84 Å². The molecule has 4 nitrogen and oxygen atoms in total. The Balaban J connectivity index is 1.98. The van der Waals surface area contributed by atoms with Crippen LogP contribution in [0.15, 0.2) is 0 Å². The van der Waals surface area contributed by atoms with Crippen LogP contribution >= 0.6 is 0 Å². The number of hydrogen-bond donors (Lipinski definition) is 2. The van der Waals surface area contributed by atoms with Crippen molar-refractivity contribution in [3.8, 4) is 0 Å². The third-order valence-electron chi connectivity index (χ3n) is 2.43. The van der Waals surface area contributed by atoms with Crippen LogP contribution in [0.1, 0.15) is 25.7 Å². The van der Waals surface area contributed by atoms with Gasteiger partial charge in [-0.05, 0) is 12.8 Å². The van der Waals surface area contributed by atoms with Crippen molar-refractivity contribution >= 4 is 0 Å². The second-order valence-electron chi connectivity index (χ2n) is 3.59. The fourth-order valence-electron chi connectivity index (χ4n) is 1.59. The van der Waals surface area contributed by atoms with Crippen LogP contribution in [-0.4, -0.2) is 37.6 Å². The highest BCUT2D eigenvalue weighted by atomic mass is 16.7. The molecule has 0 spiro atoms. The van der Waals surface area contributed by atoms with E-state index in [-0.39, 0.29) is 0 Å². The van der Waals surface area contributed by atoms with Crippen molar-refractivity contribution < 1.29 is 14.7 Å². The quantitative estimate of drug-likeness (QED) is 0.471. The molecule has 0 aliphatic heterocycles. The van der Waals surface area contributed by atoms with Gasteiger partial charge in [-0.1, -0.05) is 12.8 Å². The van der Waals surface area contributed by atoms with Crippen LogP contribution in [0.25, 0.3) is 0 Å². The summed E-state index contributed by atoms with van der Waals surface area (Å²) in [5.41, 5.74) is 2.24. The van der Waals surface area contributed by atoms with Crippen molar-refractivity contribution in [3.63, 3.8) is 0 Å². The lowest BCUT2D eigenvalue weighted by molar-refractivity contribution is -0.0417. The molecule has 13 heavy (non-hydrogen) atoms. The zero-order chi connectivity index (χ0) is 9.57. The molecule has 1 fully saturated rings. The van der Waals surface area contributed by atoms with E-state index in [9.17, 15) is 5.11 Å². The largest absolute Gasteiger partial charge is 0.388 e. The fraction of sp³-hybridized carbons (Fsp3) is 1.00. The van der Waals surface area contributed by atoms with Crippen LogP contribution in [-0.2, 0) is 9.57 Å². The van der Waals surface area contributed by atoms with E-state index in [1.165, 1.54) is 0 Å². The summed E-state index contributed by atoms with van der Waals surface area (Å²) in [6, 6.07) is 0. The van der Waals surface area contributed by atoms with Crippen molar-refractivity contribution in [2.45, 2.75) is 31.3 Å². The van der Waals surface area contributed by atoms with Crippen molar-refractivity contribution in [2.24, 2.45) is 0 Å². The summed E-state index contributed by atoms with van der Waals surface area (Å²) in [6.45, 7) is 1.62. The van der Waals surface area contributed by atoms with Crippen LogP contribution in [0.4, 0.5) is 0 Å². The highest BCUT2D eigenvalue weighted by Gasteiger charge is 2.30. The molecule has 0 unspecified atom stereocenters. The van der Waals surface area contributed by atoms with Crippen LogP contribution < -0.4 is 5.48 Å². The normalized spacial score (nSPS) is 20.8. The molecule has 2 N–H and O–H groups in total. The Bertz CT molecular complexity index is 135. The lowest BCUT2D eigenvalue weighted by Gasteiger charge is -2.21. The van der Waals surface area contributed by atoms with Crippen LogP contribution in [0, 0.1) is 0 Å². The van der Waals surface area contributed by atoms with Crippen LogP contribution in [0.2, 0.25) is 0 Å². The minimum absolute atomic E-state index is 0.520. The Hall–Kier alpha value is -0.160. The van der Waals surface area contributed by atoms with E-state index in [4.69, 9.17) is 9.57 Å². The Kier molecular flexibility index (Phi) is 4.66. The van der Waals surface area contributed by atoms with E-state index in [1.54, 1.807) is 7.11 Å². The van der Waals surface area contributed by atoms with E-state index in [2.05, 4.69) is 5.48 Å². The highest BCUT2D eigenvalue weighted by molar-refractivity contribution is 4.84. The zero-order valence-electron chi connectivity index (χ0n) is 8.21. The summed E-state index contributed by atoms with van der Waals surface area (Å²) < 4.78 is 4.81. The molecule has 0 bridgehead atoms. The van der Waals surface area contributed by atoms with Crippen LogP contribution in [0.5, 0.6) is 0 Å². The monoisotopic (exact) mass is 189 g/mol. The highest BCUT2D eigenvalue weighted by Crippen LogP contribution is 2.28. The molecule has 78 valence electrons. The molecule has 4 heteroatoms. The number of hydrogen-bond acceptors (Lipinski definition) is 4. The van der Waals surface area contributed by atoms with Gasteiger partial charge in [-0.2, -0.15) is 5.48 Å². The molecule has 1 aliphatic carbocycles. The van der Waals surface area contributed by atoms with Gasteiger partial charge in [-0.15, -0.1) is 0 Å². The maximum absolute atomic E-state index is 9.87. The molecule has 1 aliphatic rings. The van der Waals surface area contributed by atoms with E-state index in [0.29, 0.717) is 19.8 Å². The van der Waals surface area contributed by atoms with Gasteiger partial charge in [0, 0.05) is 13.7 Å². The smallest absolute Gasteiger partial charge is 0.0915 e. The Morgan fingerprint density at radius 2 is 2.00 bits per heavy atom. The average molecular weight is 189 g/mol. The summed E-state index contributed by atoms with van der Waals surface area (Å²) in [6.07, 6.45) is 4.01. The number of methoxy groups -OCH3 is 1. The van der Waals surface area contributed by atoms with Gasteiger partial charge >= 0.3 is 0 Å². The Morgan fingerprint density at radius 1 is 1.31 bits per heavy atom. The standard InChI is InChI=1S/C9H19NO3/c1-12-6-7-13-10-8-9(11)4-2-3-5-9/h10-11H,2-8H2,1H3. The third-order valence-corrected chi connectivity index (χ3v) is 2.43. The molecule has 1 saturated carbocycles. The number of rotatable bonds is 6. The molecule has 0 atom stereocenters. The third kappa shape index (κ3) is 4.04. The lowest BCUT2D eigenvalue weighted by Crippen LogP contribution is -2.38. The topological polar surface area (TPSA) is 50.7 Å².